The van der Waals surface area contributed by atoms with Gasteiger partial charge >= 0.3 is 70.9 Å². The van der Waals surface area contributed by atoms with Gasteiger partial charge in [0.2, 0.25) is 15.9 Å². The van der Waals surface area contributed by atoms with E-state index in [1.807, 2.05) is 0 Å². The second-order valence-electron chi connectivity index (χ2n) is 4.01. The number of aromatic nitrogens is 1. The predicted octanol–water partition coefficient (Wildman–Crippen LogP) is -4.06. The van der Waals surface area contributed by atoms with Crippen LogP contribution in [0.25, 0.3) is 11.5 Å². The summed E-state index contributed by atoms with van der Waals surface area (Å²) >= 11 is 0. The van der Waals surface area contributed by atoms with Crippen LogP contribution in [0.1, 0.15) is 0 Å². The van der Waals surface area contributed by atoms with Gasteiger partial charge in [-0.25, -0.2) is 23.3 Å². The van der Waals surface area contributed by atoms with Crippen molar-refractivity contribution in [3.05, 3.63) is 36.7 Å². The zero-order valence-corrected chi connectivity index (χ0v) is 17.4. The molecule has 10 nitrogen and oxygen atoms in total. The third kappa shape index (κ3) is 12.3. The number of nitrogens with two attached hydrogens (primary N) is 1. The van der Waals surface area contributed by atoms with Crippen LogP contribution >= 0.6 is 0 Å². The first kappa shape index (κ1) is 28.4. The Bertz CT molecular complexity index is 799. The Morgan fingerprint density at radius 2 is 1.70 bits per heavy atom. The first-order valence-electron chi connectivity index (χ1n) is 6.10. The summed E-state index contributed by atoms with van der Waals surface area (Å²) in [5, 5.41) is 34.9. The smallest absolute Gasteiger partial charge is 0.832 e. The van der Waals surface area contributed by atoms with Crippen molar-refractivity contribution in [3.63, 3.8) is 0 Å². The maximum absolute atomic E-state index is 11.3. The number of rotatable bonds is 2. The summed E-state index contributed by atoms with van der Waals surface area (Å²) in [7, 11) is -6.18. The van der Waals surface area contributed by atoms with Gasteiger partial charge in [0.15, 0.2) is 0 Å². The number of benzene rings is 1. The van der Waals surface area contributed by atoms with Crippen molar-refractivity contribution in [2.75, 3.05) is 0 Å². The third-order valence-electron chi connectivity index (χ3n) is 2.10. The number of carbonyl (C=O) groups is 1. The van der Waals surface area contributed by atoms with E-state index in [1.165, 1.54) is 18.5 Å². The molecule has 0 radical (unpaired) electrons. The molecule has 144 valence electrons. The van der Waals surface area contributed by atoms with Gasteiger partial charge in [-0.1, -0.05) is 12.1 Å². The molecule has 0 amide bonds. The molecule has 0 spiro atoms. The number of sulfonamides is 1. The number of carboxylic acids is 1. The minimum Gasteiger partial charge on any atom is -0.832 e. The largest absolute Gasteiger partial charge is 1.00 e. The third-order valence-corrected chi connectivity index (χ3v) is 3.07. The van der Waals surface area contributed by atoms with Gasteiger partial charge < -0.3 is 24.6 Å². The number of carboxylic acid groups (broad SMARTS) is 1. The minimum atomic E-state index is -5.08. The second kappa shape index (κ2) is 12.6. The number of oxazole rings is 1. The van der Waals surface area contributed by atoms with Crippen molar-refractivity contribution >= 4 is 23.3 Å². The van der Waals surface area contributed by atoms with Crippen molar-refractivity contribution in [1.82, 2.24) is 4.98 Å². The van der Waals surface area contributed by atoms with Crippen LogP contribution in [-0.2, 0) is 14.8 Å². The first-order valence-corrected chi connectivity index (χ1v) is 7.65. The second-order valence-corrected chi connectivity index (χ2v) is 5.54. The predicted molar refractivity (Wildman–Crippen MR) is 77.2 cm³/mol. The molecule has 0 saturated carbocycles. The quantitative estimate of drug-likeness (QED) is 0.339. The van der Waals surface area contributed by atoms with Crippen molar-refractivity contribution in [3.8, 4) is 11.5 Å². The van der Waals surface area contributed by atoms with Crippen LogP contribution in [0.4, 0.5) is 13.2 Å². The molecular formula is C11H11BF3KN2O8S. The topological polar surface area (TPSA) is 187 Å². The number of hydrogen-bond acceptors (Lipinski definition) is 8. The molecule has 0 bridgehead atoms. The average Bonchev–Trinajstić information content (AvgIpc) is 2.99. The SMILES string of the molecule is NS(=O)(=O)c1ccccc1-c1ncco1.O=C(O)C(F)(F)F.[K+].[O-]B(O)O. The Morgan fingerprint density at radius 3 is 2.04 bits per heavy atom. The molecule has 16 heteroatoms. The fourth-order valence-electron chi connectivity index (χ4n) is 1.25. The molecule has 1 heterocycles. The number of alkyl halides is 3. The van der Waals surface area contributed by atoms with Crippen LogP contribution in [0, 0.1) is 0 Å². The fourth-order valence-corrected chi connectivity index (χ4v) is 1.98. The number of halogens is 3. The Morgan fingerprint density at radius 1 is 1.26 bits per heavy atom. The maximum Gasteiger partial charge on any atom is 1.00 e. The molecule has 1 aromatic heterocycles. The summed E-state index contributed by atoms with van der Waals surface area (Å²) in [5.41, 5.74) is 0.366. The monoisotopic (exact) mass is 438 g/mol. The molecule has 2 aromatic rings. The van der Waals surface area contributed by atoms with E-state index < -0.39 is 29.5 Å². The molecule has 0 atom stereocenters. The van der Waals surface area contributed by atoms with E-state index in [1.54, 1.807) is 18.2 Å². The van der Waals surface area contributed by atoms with E-state index >= 15 is 0 Å². The number of hydrogen-bond donors (Lipinski definition) is 4. The van der Waals surface area contributed by atoms with Gasteiger partial charge in [0.05, 0.1) is 16.7 Å². The van der Waals surface area contributed by atoms with Crippen molar-refractivity contribution < 1.29 is 102 Å². The zero-order chi connectivity index (χ0) is 20.5. The normalized spacial score (nSPS) is 10.3. The standard InChI is InChI=1S/C9H8N2O3S.C2HF3O2.BH2O3.K/c10-15(12,13)8-4-2-1-3-7(8)9-11-5-6-14-9;3-2(4,5)1(6)7;2-1(3)4;/h1-6H,(H2,10,12,13);(H,6,7);2-3H;/q;;-1;+1. The molecule has 5 N–H and O–H groups in total. The van der Waals surface area contributed by atoms with Crippen molar-refractivity contribution in [2.45, 2.75) is 11.1 Å². The molecule has 27 heavy (non-hydrogen) atoms. The van der Waals surface area contributed by atoms with Gasteiger partial charge in [-0.3, -0.25) is 0 Å². The summed E-state index contributed by atoms with van der Waals surface area (Å²) in [6.45, 7) is 0. The van der Waals surface area contributed by atoms with Crippen molar-refractivity contribution in [2.24, 2.45) is 5.14 Å². The first-order chi connectivity index (χ1) is 11.8. The zero-order valence-electron chi connectivity index (χ0n) is 13.5. The Labute approximate surface area is 193 Å². The van der Waals surface area contributed by atoms with Gasteiger partial charge in [0, 0.05) is 0 Å². The van der Waals surface area contributed by atoms with Crippen LogP contribution in [-0.4, -0.2) is 48.0 Å². The van der Waals surface area contributed by atoms with Gasteiger partial charge in [0.1, 0.15) is 6.26 Å². The van der Waals surface area contributed by atoms with Gasteiger partial charge in [-0.2, -0.15) is 13.2 Å². The van der Waals surface area contributed by atoms with E-state index in [2.05, 4.69) is 4.98 Å². The molecule has 0 aliphatic carbocycles. The summed E-state index contributed by atoms with van der Waals surface area (Å²) in [5.74, 6) is -2.52. The van der Waals surface area contributed by atoms with E-state index in [4.69, 9.17) is 34.5 Å². The van der Waals surface area contributed by atoms with Crippen LogP contribution in [0.3, 0.4) is 0 Å². The minimum absolute atomic E-state index is 0. The van der Waals surface area contributed by atoms with E-state index in [0.29, 0.717) is 5.56 Å². The number of nitrogens with zero attached hydrogens (tertiary/aromatic N) is 1. The van der Waals surface area contributed by atoms with E-state index in [0.717, 1.165) is 0 Å². The summed E-state index contributed by atoms with van der Waals surface area (Å²) < 4.78 is 59.3. The Kier molecular flexibility index (Phi) is 13.3. The summed E-state index contributed by atoms with van der Waals surface area (Å²) in [6.07, 6.45) is -2.27. The summed E-state index contributed by atoms with van der Waals surface area (Å²) in [4.78, 5) is 12.8. The van der Waals surface area contributed by atoms with Crippen LogP contribution < -0.4 is 61.5 Å². The van der Waals surface area contributed by atoms with Crippen LogP contribution in [0.15, 0.2) is 46.0 Å². The number of primary sulfonamides is 1. The molecule has 1 aromatic carbocycles. The van der Waals surface area contributed by atoms with Crippen LogP contribution in [0.5, 0.6) is 0 Å². The molecule has 0 aliphatic heterocycles. The van der Waals surface area contributed by atoms with Crippen LogP contribution in [0.2, 0.25) is 0 Å². The average molecular weight is 438 g/mol. The Hall–Kier alpha value is -0.819. The Balaban J connectivity index is 0. The van der Waals surface area contributed by atoms with E-state index in [9.17, 15) is 21.6 Å². The van der Waals surface area contributed by atoms with E-state index in [-0.39, 0.29) is 62.2 Å². The molecule has 0 unspecified atom stereocenters. The fraction of sp³-hybridized carbons (Fsp3) is 0.0909. The van der Waals surface area contributed by atoms with Crippen molar-refractivity contribution in [1.29, 1.82) is 0 Å². The number of aliphatic carboxylic acids is 1. The molecule has 0 aliphatic rings. The molecule has 2 rings (SSSR count). The molecule has 0 fully saturated rings. The van der Waals surface area contributed by atoms with Gasteiger partial charge in [-0.05, 0) is 12.1 Å². The van der Waals surface area contributed by atoms with Gasteiger partial charge in [0.25, 0.3) is 0 Å². The summed E-state index contributed by atoms with van der Waals surface area (Å²) in [6, 6.07) is 6.28. The maximum atomic E-state index is 11.3. The molecular weight excluding hydrogens is 427 g/mol. The van der Waals surface area contributed by atoms with Gasteiger partial charge in [-0.15, -0.1) is 0 Å². The molecule has 0 saturated heterocycles.